The van der Waals surface area contributed by atoms with Crippen molar-refractivity contribution in [3.8, 4) is 0 Å². The number of hydrogen-bond donors (Lipinski definition) is 3. The molecule has 0 aliphatic rings. The van der Waals surface area contributed by atoms with E-state index in [1.807, 2.05) is 0 Å². The first-order chi connectivity index (χ1) is 14.8. The summed E-state index contributed by atoms with van der Waals surface area (Å²) < 4.78 is 27.2. The number of hydrazine groups is 1. The van der Waals surface area contributed by atoms with E-state index in [0.29, 0.717) is 0 Å². The van der Waals surface area contributed by atoms with E-state index in [0.717, 1.165) is 30.6 Å². The quantitative estimate of drug-likeness (QED) is 0.376. The van der Waals surface area contributed by atoms with Gasteiger partial charge in [0.2, 0.25) is 11.6 Å². The molecule has 12 nitrogen and oxygen atoms in total. The van der Waals surface area contributed by atoms with Gasteiger partial charge in [0, 0.05) is 23.8 Å². The van der Waals surface area contributed by atoms with Crippen LogP contribution in [0.1, 0.15) is 10.4 Å². The van der Waals surface area contributed by atoms with E-state index in [9.17, 15) is 33.8 Å². The first-order valence-electron chi connectivity index (χ1n) is 8.28. The molecule has 14 heteroatoms. The van der Waals surface area contributed by atoms with E-state index >= 15 is 0 Å². The Morgan fingerprint density at radius 1 is 0.968 bits per heavy atom. The van der Waals surface area contributed by atoms with Gasteiger partial charge in [0.05, 0.1) is 15.5 Å². The lowest BCUT2D eigenvalue weighted by molar-refractivity contribution is -0.384. The summed E-state index contributed by atoms with van der Waals surface area (Å²) in [6.45, 7) is 0. The Morgan fingerprint density at radius 2 is 1.71 bits per heavy atom. The number of carbonyl (C=O) groups is 1. The van der Waals surface area contributed by atoms with E-state index in [2.05, 4.69) is 26.1 Å². The number of non-ortho nitro benzene ring substituents is 1. The Balaban J connectivity index is 1.85. The minimum atomic E-state index is -0.901. The summed E-state index contributed by atoms with van der Waals surface area (Å²) in [5, 5.41) is 24.6. The summed E-state index contributed by atoms with van der Waals surface area (Å²) in [5.41, 5.74) is 2.73. The third kappa shape index (κ3) is 4.81. The van der Waals surface area contributed by atoms with Crippen molar-refractivity contribution in [2.45, 2.75) is 0 Å². The van der Waals surface area contributed by atoms with Crippen LogP contribution in [0.4, 0.5) is 37.5 Å². The smallest absolute Gasteiger partial charge is 0.332 e. The van der Waals surface area contributed by atoms with Crippen LogP contribution in [0, 0.1) is 31.9 Å². The van der Waals surface area contributed by atoms with Gasteiger partial charge in [0.1, 0.15) is 18.0 Å². The highest BCUT2D eigenvalue weighted by molar-refractivity contribution is 5.95. The zero-order chi connectivity index (χ0) is 22.5. The zero-order valence-corrected chi connectivity index (χ0v) is 15.2. The lowest BCUT2D eigenvalue weighted by Crippen LogP contribution is -2.30. The molecule has 0 fully saturated rings. The molecule has 0 unspecified atom stereocenters. The van der Waals surface area contributed by atoms with Gasteiger partial charge in [-0.2, -0.15) is 0 Å². The number of rotatable bonds is 7. The highest BCUT2D eigenvalue weighted by Crippen LogP contribution is 2.31. The maximum atomic E-state index is 13.9. The van der Waals surface area contributed by atoms with E-state index in [1.165, 1.54) is 18.2 Å². The average molecular weight is 431 g/mol. The summed E-state index contributed by atoms with van der Waals surface area (Å²) in [4.78, 5) is 40.3. The Kier molecular flexibility index (Phi) is 5.90. The highest BCUT2D eigenvalue weighted by atomic mass is 19.1. The molecule has 2 aromatic carbocycles. The summed E-state index contributed by atoms with van der Waals surface area (Å²) in [6, 6.07) is 7.23. The number of nitrogens with zero attached hydrogens (tertiary/aromatic N) is 4. The molecule has 3 rings (SSSR count). The zero-order valence-electron chi connectivity index (χ0n) is 15.2. The summed E-state index contributed by atoms with van der Waals surface area (Å²) >= 11 is 0. The number of aromatic nitrogens is 2. The first-order valence-corrected chi connectivity index (χ1v) is 8.28. The molecule has 0 spiro atoms. The third-order valence-corrected chi connectivity index (χ3v) is 3.80. The van der Waals surface area contributed by atoms with Crippen LogP contribution in [0.5, 0.6) is 0 Å². The molecule has 3 N–H and O–H groups in total. The Labute approximate surface area is 171 Å². The fourth-order valence-electron chi connectivity index (χ4n) is 2.40. The van der Waals surface area contributed by atoms with Crippen LogP contribution < -0.4 is 16.2 Å². The van der Waals surface area contributed by atoms with E-state index in [4.69, 9.17) is 0 Å². The van der Waals surface area contributed by atoms with Crippen LogP contribution in [0.2, 0.25) is 0 Å². The second-order valence-electron chi connectivity index (χ2n) is 5.81. The predicted molar refractivity (Wildman–Crippen MR) is 103 cm³/mol. The maximum Gasteiger partial charge on any atom is 0.355 e. The van der Waals surface area contributed by atoms with Gasteiger partial charge >= 0.3 is 5.69 Å². The molecule has 31 heavy (non-hydrogen) atoms. The number of carbonyl (C=O) groups excluding carboxylic acids is 1. The van der Waals surface area contributed by atoms with Crippen molar-refractivity contribution in [1.29, 1.82) is 0 Å². The van der Waals surface area contributed by atoms with Crippen LogP contribution in [0.3, 0.4) is 0 Å². The molecule has 0 radical (unpaired) electrons. The van der Waals surface area contributed by atoms with Crippen LogP contribution >= 0.6 is 0 Å². The normalized spacial score (nSPS) is 10.3. The number of halogens is 2. The van der Waals surface area contributed by atoms with Crippen molar-refractivity contribution < 1.29 is 23.4 Å². The molecule has 1 aromatic heterocycles. The van der Waals surface area contributed by atoms with E-state index in [-0.39, 0.29) is 11.3 Å². The number of amides is 1. The second-order valence-corrected chi connectivity index (χ2v) is 5.81. The topological polar surface area (TPSA) is 165 Å². The van der Waals surface area contributed by atoms with Gasteiger partial charge < -0.3 is 5.32 Å². The van der Waals surface area contributed by atoms with Gasteiger partial charge in [-0.25, -0.2) is 18.7 Å². The van der Waals surface area contributed by atoms with Crippen LogP contribution in [-0.2, 0) is 0 Å². The molecule has 0 saturated carbocycles. The molecule has 0 atom stereocenters. The molecular formula is C17H11F2N7O5. The van der Waals surface area contributed by atoms with Crippen LogP contribution in [-0.4, -0.2) is 25.7 Å². The van der Waals surface area contributed by atoms with Crippen molar-refractivity contribution in [3.05, 3.63) is 86.2 Å². The monoisotopic (exact) mass is 431 g/mol. The van der Waals surface area contributed by atoms with E-state index < -0.39 is 50.4 Å². The molecule has 0 bridgehead atoms. The lowest BCUT2D eigenvalue weighted by Gasteiger charge is -2.11. The standard InChI is InChI=1S/C17H11F2N7O5/c18-10-4-5-12(19)13(7-10)22-15-14(26(30)31)16(21-8-20-15)23-24-17(27)9-2-1-3-11(6-9)25(28)29/h1-8H,(H,24,27)(H2,20,21,22,23). The molecular weight excluding hydrogens is 420 g/mol. The number of nitrogens with one attached hydrogen (secondary N) is 3. The highest BCUT2D eigenvalue weighted by Gasteiger charge is 2.24. The predicted octanol–water partition coefficient (Wildman–Crippen LogP) is 3.07. The number of anilines is 3. The Bertz CT molecular complexity index is 1190. The Hall–Kier alpha value is -4.75. The van der Waals surface area contributed by atoms with Gasteiger partial charge in [-0.15, -0.1) is 0 Å². The summed E-state index contributed by atoms with van der Waals surface area (Å²) in [5.74, 6) is -3.47. The van der Waals surface area contributed by atoms with Crippen molar-refractivity contribution in [1.82, 2.24) is 15.4 Å². The molecule has 0 aliphatic carbocycles. The van der Waals surface area contributed by atoms with Gasteiger partial charge in [-0.05, 0) is 18.2 Å². The van der Waals surface area contributed by atoms with Crippen LogP contribution in [0.15, 0.2) is 48.8 Å². The van der Waals surface area contributed by atoms with Gasteiger partial charge in [0.25, 0.3) is 11.6 Å². The third-order valence-electron chi connectivity index (χ3n) is 3.80. The summed E-state index contributed by atoms with van der Waals surface area (Å²) in [6.07, 6.45) is 0.883. The van der Waals surface area contributed by atoms with E-state index in [1.54, 1.807) is 0 Å². The molecule has 0 saturated heterocycles. The van der Waals surface area contributed by atoms with Crippen molar-refractivity contribution >= 4 is 34.6 Å². The largest absolute Gasteiger partial charge is 0.355 e. The first kappa shape index (κ1) is 21.0. The second kappa shape index (κ2) is 8.73. The molecule has 3 aromatic rings. The SMILES string of the molecule is O=C(NNc1ncnc(Nc2cc(F)ccc2F)c1[N+](=O)[O-])c1cccc([N+](=O)[O-])c1. The van der Waals surface area contributed by atoms with Crippen LogP contribution in [0.25, 0.3) is 0 Å². The van der Waals surface area contributed by atoms with Crippen molar-refractivity contribution in [2.75, 3.05) is 10.7 Å². The fraction of sp³-hybridized carbons (Fsp3) is 0. The van der Waals surface area contributed by atoms with Crippen molar-refractivity contribution in [2.24, 2.45) is 0 Å². The Morgan fingerprint density at radius 3 is 2.42 bits per heavy atom. The minimum Gasteiger partial charge on any atom is -0.332 e. The lowest BCUT2D eigenvalue weighted by atomic mass is 10.2. The molecule has 1 amide bonds. The molecule has 1 heterocycles. The molecule has 0 aliphatic heterocycles. The fourth-order valence-corrected chi connectivity index (χ4v) is 2.40. The number of nitro groups is 2. The van der Waals surface area contributed by atoms with Gasteiger partial charge in [-0.1, -0.05) is 6.07 Å². The maximum absolute atomic E-state index is 13.9. The number of benzene rings is 2. The summed E-state index contributed by atoms with van der Waals surface area (Å²) in [7, 11) is 0. The van der Waals surface area contributed by atoms with Crippen molar-refractivity contribution in [3.63, 3.8) is 0 Å². The average Bonchev–Trinajstić information content (AvgIpc) is 2.74. The minimum absolute atomic E-state index is 0.0985. The number of hydrogen-bond acceptors (Lipinski definition) is 9. The van der Waals surface area contributed by atoms with Gasteiger partial charge in [-0.3, -0.25) is 35.9 Å². The molecule has 158 valence electrons. The van der Waals surface area contributed by atoms with Gasteiger partial charge in [0.15, 0.2) is 0 Å². The number of nitro benzene ring substituents is 1.